The number of hydrogen-bond acceptors (Lipinski definition) is 6. The normalized spacial score (nSPS) is 15.7. The van der Waals surface area contributed by atoms with Crippen LogP contribution in [0, 0.1) is 11.3 Å². The van der Waals surface area contributed by atoms with Gasteiger partial charge in [0, 0.05) is 18.6 Å². The van der Waals surface area contributed by atoms with Crippen molar-refractivity contribution in [1.29, 1.82) is 5.26 Å². The summed E-state index contributed by atoms with van der Waals surface area (Å²) in [5.41, 5.74) is 0.141. The zero-order valence-corrected chi connectivity index (χ0v) is 10.5. The molecule has 1 heterocycles. The summed E-state index contributed by atoms with van der Waals surface area (Å²) in [6.07, 6.45) is 17.8. The molecule has 0 saturated carbocycles. The van der Waals surface area contributed by atoms with Crippen molar-refractivity contribution in [2.45, 2.75) is 0 Å². The lowest BCUT2D eigenvalue weighted by atomic mass is 10.4. The molecule has 1 rings (SSSR count). The van der Waals surface area contributed by atoms with E-state index in [4.69, 9.17) is 14.7 Å². The summed E-state index contributed by atoms with van der Waals surface area (Å²) >= 11 is 0. The van der Waals surface area contributed by atoms with Gasteiger partial charge in [-0.05, 0) is 12.2 Å². The molecule has 0 aromatic heterocycles. The van der Waals surface area contributed by atoms with Crippen molar-refractivity contribution in [3.05, 3.63) is 61.9 Å². The Bertz CT molecular complexity index is 558. The molecule has 0 spiro atoms. The molecule has 100 valence electrons. The molecule has 0 aromatic rings. The van der Waals surface area contributed by atoms with Gasteiger partial charge in [0.15, 0.2) is 5.71 Å². The largest absolute Gasteiger partial charge is 0.469 e. The fraction of sp³-hybridized carbons (Fsp3) is 0. The van der Waals surface area contributed by atoms with Crippen LogP contribution in [0.1, 0.15) is 0 Å². The maximum atomic E-state index is 8.80. The highest BCUT2D eigenvalue weighted by molar-refractivity contribution is 6.38. The molecule has 1 aliphatic heterocycles. The van der Waals surface area contributed by atoms with Gasteiger partial charge in [0.05, 0.1) is 18.7 Å². The minimum absolute atomic E-state index is 0.141. The van der Waals surface area contributed by atoms with Gasteiger partial charge in [-0.15, -0.1) is 0 Å². The van der Waals surface area contributed by atoms with Crippen molar-refractivity contribution in [2.75, 3.05) is 0 Å². The molecule has 0 fully saturated rings. The van der Waals surface area contributed by atoms with Gasteiger partial charge in [-0.2, -0.15) is 5.26 Å². The van der Waals surface area contributed by atoms with Crippen molar-refractivity contribution in [3.8, 4) is 6.07 Å². The van der Waals surface area contributed by atoms with Gasteiger partial charge in [0.25, 0.3) is 0 Å². The van der Waals surface area contributed by atoms with Crippen molar-refractivity contribution >= 4 is 18.1 Å². The third kappa shape index (κ3) is 7.97. The van der Waals surface area contributed by atoms with E-state index in [0.717, 1.165) is 0 Å². The van der Waals surface area contributed by atoms with Crippen LogP contribution in [0.5, 0.6) is 0 Å². The molecule has 6 nitrogen and oxygen atoms in total. The van der Waals surface area contributed by atoms with Crippen LogP contribution >= 0.6 is 0 Å². The molecule has 0 bridgehead atoms. The summed E-state index contributed by atoms with van der Waals surface area (Å²) in [6.45, 7) is 0. The lowest BCUT2D eigenvalue weighted by Crippen LogP contribution is -1.93. The highest BCUT2D eigenvalue weighted by Gasteiger charge is 1.87. The third-order valence-electron chi connectivity index (χ3n) is 1.67. The SMILES string of the molecule is N#CC1=NC=COC=COC=CC=CC=NC=CN=C1. The lowest BCUT2D eigenvalue weighted by Gasteiger charge is -1.89. The first-order chi connectivity index (χ1) is 9.93. The summed E-state index contributed by atoms with van der Waals surface area (Å²) in [5.74, 6) is 0. The minimum atomic E-state index is 0.141. The monoisotopic (exact) mass is 268 g/mol. The smallest absolute Gasteiger partial charge is 0.158 e. The average Bonchev–Trinajstić information content (AvgIpc) is 2.47. The first-order valence-corrected chi connectivity index (χ1v) is 5.55. The summed E-state index contributed by atoms with van der Waals surface area (Å²) in [4.78, 5) is 11.6. The van der Waals surface area contributed by atoms with Crippen LogP contribution in [0.2, 0.25) is 0 Å². The number of allylic oxidation sites excluding steroid dienone is 3. The Balaban J connectivity index is 2.76. The lowest BCUT2D eigenvalue weighted by molar-refractivity contribution is 0.344. The second-order valence-electron chi connectivity index (χ2n) is 3.04. The fourth-order valence-electron chi connectivity index (χ4n) is 0.886. The van der Waals surface area contributed by atoms with Crippen LogP contribution in [-0.4, -0.2) is 18.1 Å². The second-order valence-corrected chi connectivity index (χ2v) is 3.04. The fourth-order valence-corrected chi connectivity index (χ4v) is 0.886. The molecular weight excluding hydrogens is 256 g/mol. The predicted octanol–water partition coefficient (Wildman–Crippen LogP) is 2.62. The van der Waals surface area contributed by atoms with E-state index < -0.39 is 0 Å². The molecule has 1 aliphatic rings. The number of hydrogen-bond donors (Lipinski definition) is 0. The number of rotatable bonds is 0. The van der Waals surface area contributed by atoms with E-state index in [1.54, 1.807) is 24.4 Å². The average molecular weight is 268 g/mol. The zero-order chi connectivity index (χ0) is 14.3. The Morgan fingerprint density at radius 1 is 0.850 bits per heavy atom. The van der Waals surface area contributed by atoms with E-state index >= 15 is 0 Å². The Morgan fingerprint density at radius 2 is 1.65 bits per heavy atom. The van der Waals surface area contributed by atoms with Crippen LogP contribution < -0.4 is 0 Å². The molecule has 0 radical (unpaired) electrons. The van der Waals surface area contributed by atoms with Crippen molar-refractivity contribution in [1.82, 2.24) is 0 Å². The molecule has 6 heteroatoms. The van der Waals surface area contributed by atoms with Crippen molar-refractivity contribution in [3.63, 3.8) is 0 Å². The Hall–Kier alpha value is -3.20. The van der Waals surface area contributed by atoms with E-state index in [2.05, 4.69) is 15.0 Å². The molecule has 0 unspecified atom stereocenters. The molecule has 0 aromatic carbocycles. The standard InChI is InChI=1S/C14H12N4O2/c15-12-14-13-17-6-5-16-4-2-1-3-8-19-10-11-20-9-7-18-14/h1-11,13H. The topological polar surface area (TPSA) is 79.3 Å². The van der Waals surface area contributed by atoms with Gasteiger partial charge in [-0.1, -0.05) is 6.08 Å². The van der Waals surface area contributed by atoms with Crippen molar-refractivity contribution in [2.24, 2.45) is 15.0 Å². The maximum absolute atomic E-state index is 8.80. The number of ether oxygens (including phenoxy) is 2. The second kappa shape index (κ2) is 10.9. The quantitative estimate of drug-likeness (QED) is 0.677. The molecule has 0 N–H and O–H groups in total. The van der Waals surface area contributed by atoms with Crippen LogP contribution in [0.15, 0.2) is 76.9 Å². The Morgan fingerprint density at radius 3 is 2.50 bits per heavy atom. The number of nitrogens with zero attached hydrogens (tertiary/aromatic N) is 4. The summed E-state index contributed by atoms with van der Waals surface area (Å²) in [5, 5.41) is 8.80. The van der Waals surface area contributed by atoms with Gasteiger partial charge >= 0.3 is 0 Å². The maximum Gasteiger partial charge on any atom is 0.158 e. The van der Waals surface area contributed by atoms with Crippen LogP contribution in [0.4, 0.5) is 0 Å². The third-order valence-corrected chi connectivity index (χ3v) is 1.67. The molecule has 0 aliphatic carbocycles. The van der Waals surface area contributed by atoms with Gasteiger partial charge in [0.1, 0.15) is 24.9 Å². The van der Waals surface area contributed by atoms with Crippen molar-refractivity contribution < 1.29 is 9.47 Å². The molecule has 0 atom stereocenters. The molecule has 20 heavy (non-hydrogen) atoms. The highest BCUT2D eigenvalue weighted by atomic mass is 16.5. The Kier molecular flexibility index (Phi) is 8.12. The van der Waals surface area contributed by atoms with E-state index in [0.29, 0.717) is 0 Å². The summed E-state index contributed by atoms with van der Waals surface area (Å²) in [6, 6.07) is 1.88. The first-order valence-electron chi connectivity index (χ1n) is 5.55. The van der Waals surface area contributed by atoms with E-state index in [1.165, 1.54) is 49.9 Å². The number of nitriles is 1. The summed E-state index contributed by atoms with van der Waals surface area (Å²) < 4.78 is 9.92. The van der Waals surface area contributed by atoms with Gasteiger partial charge in [-0.3, -0.25) is 9.98 Å². The molecule has 0 saturated heterocycles. The van der Waals surface area contributed by atoms with E-state index in [9.17, 15) is 0 Å². The van der Waals surface area contributed by atoms with Gasteiger partial charge in [-0.25, -0.2) is 4.99 Å². The van der Waals surface area contributed by atoms with Crippen LogP contribution in [-0.2, 0) is 9.47 Å². The van der Waals surface area contributed by atoms with Crippen LogP contribution in [0.3, 0.4) is 0 Å². The predicted molar refractivity (Wildman–Crippen MR) is 77.9 cm³/mol. The molecule has 0 amide bonds. The first kappa shape index (κ1) is 14.9. The van der Waals surface area contributed by atoms with E-state index in [1.807, 2.05) is 6.07 Å². The van der Waals surface area contributed by atoms with Crippen LogP contribution in [0.25, 0.3) is 0 Å². The summed E-state index contributed by atoms with van der Waals surface area (Å²) in [7, 11) is 0. The minimum Gasteiger partial charge on any atom is -0.469 e. The number of aliphatic imine (C=N–C) groups is 3. The molecular formula is C14H12N4O2. The van der Waals surface area contributed by atoms with E-state index in [-0.39, 0.29) is 5.71 Å². The van der Waals surface area contributed by atoms with Gasteiger partial charge < -0.3 is 9.47 Å². The van der Waals surface area contributed by atoms with Gasteiger partial charge in [0.2, 0.25) is 0 Å². The highest BCUT2D eigenvalue weighted by Crippen LogP contribution is 1.87. The Labute approximate surface area is 116 Å². The zero-order valence-electron chi connectivity index (χ0n) is 10.5.